The minimum atomic E-state index is -0.144. The van der Waals surface area contributed by atoms with E-state index < -0.39 is 0 Å². The van der Waals surface area contributed by atoms with Crippen molar-refractivity contribution in [2.75, 3.05) is 0 Å². The van der Waals surface area contributed by atoms with E-state index >= 15 is 0 Å². The second-order valence-electron chi connectivity index (χ2n) is 5.40. The van der Waals surface area contributed by atoms with E-state index in [0.29, 0.717) is 5.25 Å². The molecular formula is C18H20OS. The average molecular weight is 284 g/mol. The molecule has 0 spiro atoms. The van der Waals surface area contributed by atoms with Crippen molar-refractivity contribution >= 4 is 11.8 Å². The molecule has 3 rings (SSSR count). The van der Waals surface area contributed by atoms with Crippen LogP contribution in [0.15, 0.2) is 59.5 Å². The SMILES string of the molecule is OC1CCCCC1Sc1cccc(-c2ccccc2)c1. The average Bonchev–Trinajstić information content (AvgIpc) is 2.51. The second-order valence-corrected chi connectivity index (χ2v) is 6.71. The smallest absolute Gasteiger partial charge is 0.0662 e. The third-order valence-corrected chi connectivity index (χ3v) is 5.28. The molecule has 0 bridgehead atoms. The number of aliphatic hydroxyl groups is 1. The molecule has 1 nitrogen and oxygen atoms in total. The van der Waals surface area contributed by atoms with E-state index in [-0.39, 0.29) is 6.10 Å². The highest BCUT2D eigenvalue weighted by atomic mass is 32.2. The zero-order valence-electron chi connectivity index (χ0n) is 11.5. The largest absolute Gasteiger partial charge is 0.392 e. The van der Waals surface area contributed by atoms with Gasteiger partial charge in [0.1, 0.15) is 0 Å². The number of aliphatic hydroxyl groups excluding tert-OH is 1. The third-order valence-electron chi connectivity index (χ3n) is 3.90. The molecular weight excluding hydrogens is 264 g/mol. The number of thioether (sulfide) groups is 1. The molecule has 0 amide bonds. The Bertz CT molecular complexity index is 552. The quantitative estimate of drug-likeness (QED) is 0.877. The fraction of sp³-hybridized carbons (Fsp3) is 0.333. The highest BCUT2D eigenvalue weighted by Gasteiger charge is 2.23. The Morgan fingerprint density at radius 3 is 2.40 bits per heavy atom. The predicted octanol–water partition coefficient (Wildman–Crippen LogP) is 4.75. The lowest BCUT2D eigenvalue weighted by Gasteiger charge is -2.27. The first kappa shape index (κ1) is 13.7. The van der Waals surface area contributed by atoms with Gasteiger partial charge in [0, 0.05) is 10.1 Å². The summed E-state index contributed by atoms with van der Waals surface area (Å²) < 4.78 is 0. The van der Waals surface area contributed by atoms with Crippen molar-refractivity contribution in [3.63, 3.8) is 0 Å². The molecule has 0 saturated heterocycles. The van der Waals surface area contributed by atoms with Gasteiger partial charge in [-0.2, -0.15) is 0 Å². The van der Waals surface area contributed by atoms with Crippen LogP contribution >= 0.6 is 11.8 Å². The Balaban J connectivity index is 1.78. The van der Waals surface area contributed by atoms with Crippen LogP contribution in [-0.4, -0.2) is 16.5 Å². The van der Waals surface area contributed by atoms with Crippen molar-refractivity contribution in [3.05, 3.63) is 54.6 Å². The van der Waals surface area contributed by atoms with Gasteiger partial charge >= 0.3 is 0 Å². The molecule has 1 N–H and O–H groups in total. The normalized spacial score (nSPS) is 22.6. The van der Waals surface area contributed by atoms with E-state index in [2.05, 4.69) is 48.5 Å². The Hall–Kier alpha value is -1.25. The van der Waals surface area contributed by atoms with Gasteiger partial charge < -0.3 is 5.11 Å². The zero-order valence-corrected chi connectivity index (χ0v) is 12.4. The molecule has 1 fully saturated rings. The molecule has 0 aliphatic heterocycles. The van der Waals surface area contributed by atoms with Crippen molar-refractivity contribution < 1.29 is 5.11 Å². The van der Waals surface area contributed by atoms with Gasteiger partial charge in [0.2, 0.25) is 0 Å². The monoisotopic (exact) mass is 284 g/mol. The standard InChI is InChI=1S/C18H20OS/c19-17-11-4-5-12-18(17)20-16-10-6-9-15(13-16)14-7-2-1-3-8-14/h1-3,6-10,13,17-19H,4-5,11-12H2. The van der Waals surface area contributed by atoms with E-state index in [9.17, 15) is 5.11 Å². The van der Waals surface area contributed by atoms with Crippen molar-refractivity contribution in [2.45, 2.75) is 41.9 Å². The molecule has 2 aromatic rings. The lowest BCUT2D eigenvalue weighted by molar-refractivity contribution is 0.137. The van der Waals surface area contributed by atoms with Crippen LogP contribution in [0.4, 0.5) is 0 Å². The van der Waals surface area contributed by atoms with Crippen LogP contribution in [0.3, 0.4) is 0 Å². The van der Waals surface area contributed by atoms with E-state index in [4.69, 9.17) is 0 Å². The van der Waals surface area contributed by atoms with E-state index in [1.807, 2.05) is 17.8 Å². The maximum Gasteiger partial charge on any atom is 0.0662 e. The summed E-state index contributed by atoms with van der Waals surface area (Å²) in [6.07, 6.45) is 4.35. The highest BCUT2D eigenvalue weighted by Crippen LogP contribution is 2.35. The molecule has 104 valence electrons. The predicted molar refractivity (Wildman–Crippen MR) is 86.0 cm³/mol. The molecule has 2 heteroatoms. The lowest BCUT2D eigenvalue weighted by atomic mass is 9.97. The Morgan fingerprint density at radius 2 is 1.60 bits per heavy atom. The van der Waals surface area contributed by atoms with Gasteiger partial charge in [0.15, 0.2) is 0 Å². The van der Waals surface area contributed by atoms with Crippen molar-refractivity contribution in [1.82, 2.24) is 0 Å². The maximum atomic E-state index is 10.1. The number of rotatable bonds is 3. The molecule has 1 aliphatic carbocycles. The molecule has 2 aromatic carbocycles. The summed E-state index contributed by atoms with van der Waals surface area (Å²) in [4.78, 5) is 1.26. The molecule has 0 heterocycles. The third kappa shape index (κ3) is 3.25. The summed E-state index contributed by atoms with van der Waals surface area (Å²) in [6, 6.07) is 19.1. The summed E-state index contributed by atoms with van der Waals surface area (Å²) in [5.41, 5.74) is 2.50. The van der Waals surface area contributed by atoms with Crippen molar-refractivity contribution in [2.24, 2.45) is 0 Å². The van der Waals surface area contributed by atoms with Crippen LogP contribution in [0, 0.1) is 0 Å². The van der Waals surface area contributed by atoms with Gasteiger partial charge in [-0.05, 0) is 36.1 Å². The van der Waals surface area contributed by atoms with Crippen molar-refractivity contribution in [1.29, 1.82) is 0 Å². The fourth-order valence-corrected chi connectivity index (χ4v) is 4.05. The van der Waals surface area contributed by atoms with Gasteiger partial charge in [-0.25, -0.2) is 0 Å². The second kappa shape index (κ2) is 6.47. The molecule has 0 radical (unpaired) electrons. The summed E-state index contributed by atoms with van der Waals surface area (Å²) in [6.45, 7) is 0. The van der Waals surface area contributed by atoms with Crippen LogP contribution in [0.1, 0.15) is 25.7 Å². The minimum absolute atomic E-state index is 0.144. The maximum absolute atomic E-state index is 10.1. The fourth-order valence-electron chi connectivity index (χ4n) is 2.77. The molecule has 2 atom stereocenters. The molecule has 0 aromatic heterocycles. The summed E-state index contributed by atoms with van der Waals surface area (Å²) in [5, 5.41) is 10.5. The van der Waals surface area contributed by atoms with E-state index in [0.717, 1.165) is 12.8 Å². The Labute approximate surface area is 125 Å². The first-order valence-electron chi connectivity index (χ1n) is 7.33. The van der Waals surface area contributed by atoms with Crippen LogP contribution in [0.5, 0.6) is 0 Å². The molecule has 1 aliphatic rings. The summed E-state index contributed by atoms with van der Waals surface area (Å²) in [7, 11) is 0. The van der Waals surface area contributed by atoms with Gasteiger partial charge in [-0.1, -0.05) is 55.3 Å². The Kier molecular flexibility index (Phi) is 4.44. The van der Waals surface area contributed by atoms with Gasteiger partial charge in [0.25, 0.3) is 0 Å². The van der Waals surface area contributed by atoms with Gasteiger partial charge in [0.05, 0.1) is 6.10 Å². The first-order valence-corrected chi connectivity index (χ1v) is 8.21. The number of hydrogen-bond acceptors (Lipinski definition) is 2. The highest BCUT2D eigenvalue weighted by molar-refractivity contribution is 8.00. The number of hydrogen-bond donors (Lipinski definition) is 1. The molecule has 20 heavy (non-hydrogen) atoms. The van der Waals surface area contributed by atoms with Gasteiger partial charge in [-0.3, -0.25) is 0 Å². The van der Waals surface area contributed by atoms with Gasteiger partial charge in [-0.15, -0.1) is 11.8 Å². The molecule has 1 saturated carbocycles. The Morgan fingerprint density at radius 1 is 0.850 bits per heavy atom. The van der Waals surface area contributed by atoms with E-state index in [1.165, 1.54) is 28.9 Å². The van der Waals surface area contributed by atoms with E-state index in [1.54, 1.807) is 0 Å². The summed E-state index contributed by atoms with van der Waals surface area (Å²) >= 11 is 1.83. The topological polar surface area (TPSA) is 20.2 Å². The first-order chi connectivity index (χ1) is 9.83. The minimum Gasteiger partial charge on any atom is -0.392 e. The summed E-state index contributed by atoms with van der Waals surface area (Å²) in [5.74, 6) is 0. The van der Waals surface area contributed by atoms with Crippen LogP contribution in [0.25, 0.3) is 11.1 Å². The van der Waals surface area contributed by atoms with Crippen LogP contribution in [-0.2, 0) is 0 Å². The lowest BCUT2D eigenvalue weighted by Crippen LogP contribution is -2.26. The van der Waals surface area contributed by atoms with Crippen molar-refractivity contribution in [3.8, 4) is 11.1 Å². The van der Waals surface area contributed by atoms with Crippen LogP contribution in [0.2, 0.25) is 0 Å². The molecule has 2 unspecified atom stereocenters. The number of benzene rings is 2. The van der Waals surface area contributed by atoms with Crippen LogP contribution < -0.4 is 0 Å². The zero-order chi connectivity index (χ0) is 13.8.